The summed E-state index contributed by atoms with van der Waals surface area (Å²) in [7, 11) is -1.76. The van der Waals surface area contributed by atoms with E-state index in [1.807, 2.05) is 7.05 Å². The standard InChI is InChI=1S/C12H12Br2N2O2S2/c1-15-7-10-6-11(12(14)19-10)20(17,18)16-9-4-2-8(13)3-5-9/h2-6,15-16H,7H2,1H3. The molecular formula is C12H12Br2N2O2S2. The van der Waals surface area contributed by atoms with Gasteiger partial charge in [-0.2, -0.15) is 0 Å². The first-order valence-electron chi connectivity index (χ1n) is 5.63. The zero-order chi connectivity index (χ0) is 14.8. The summed E-state index contributed by atoms with van der Waals surface area (Å²) in [6, 6.07) is 8.65. The number of sulfonamides is 1. The Hall–Kier alpha value is -0.410. The average Bonchev–Trinajstić information content (AvgIpc) is 2.74. The lowest BCUT2D eigenvalue weighted by molar-refractivity contribution is 0.601. The summed E-state index contributed by atoms with van der Waals surface area (Å²) in [5.41, 5.74) is 0.529. The molecule has 0 saturated carbocycles. The molecule has 0 bridgehead atoms. The van der Waals surface area contributed by atoms with E-state index >= 15 is 0 Å². The summed E-state index contributed by atoms with van der Waals surface area (Å²) >= 11 is 8.03. The molecule has 2 rings (SSSR count). The van der Waals surface area contributed by atoms with Crippen LogP contribution in [0.5, 0.6) is 0 Å². The normalized spacial score (nSPS) is 11.6. The fraction of sp³-hybridized carbons (Fsp3) is 0.167. The zero-order valence-electron chi connectivity index (χ0n) is 10.5. The molecule has 0 radical (unpaired) electrons. The highest BCUT2D eigenvalue weighted by Gasteiger charge is 2.20. The lowest BCUT2D eigenvalue weighted by atomic mass is 10.3. The van der Waals surface area contributed by atoms with Gasteiger partial charge >= 0.3 is 0 Å². The Morgan fingerprint density at radius 2 is 1.85 bits per heavy atom. The summed E-state index contributed by atoms with van der Waals surface area (Å²) in [4.78, 5) is 1.21. The molecule has 0 spiro atoms. The first-order chi connectivity index (χ1) is 9.42. The number of hydrogen-bond donors (Lipinski definition) is 2. The van der Waals surface area contributed by atoms with Gasteiger partial charge in [-0.3, -0.25) is 4.72 Å². The number of nitrogens with one attached hydrogen (secondary N) is 2. The summed E-state index contributed by atoms with van der Waals surface area (Å²) < 4.78 is 28.8. The fourth-order valence-electron chi connectivity index (χ4n) is 1.57. The minimum Gasteiger partial charge on any atom is -0.315 e. The van der Waals surface area contributed by atoms with Crippen molar-refractivity contribution in [2.75, 3.05) is 11.8 Å². The number of benzene rings is 1. The maximum absolute atomic E-state index is 12.4. The second-order valence-corrected chi connectivity index (χ2v) is 9.01. The van der Waals surface area contributed by atoms with Crippen molar-refractivity contribution in [1.29, 1.82) is 0 Å². The van der Waals surface area contributed by atoms with Gasteiger partial charge in [0.25, 0.3) is 10.0 Å². The Morgan fingerprint density at radius 1 is 1.20 bits per heavy atom. The zero-order valence-corrected chi connectivity index (χ0v) is 15.3. The fourth-order valence-corrected chi connectivity index (χ4v) is 5.59. The van der Waals surface area contributed by atoms with Crippen LogP contribution in [-0.2, 0) is 16.6 Å². The van der Waals surface area contributed by atoms with Gasteiger partial charge in [0.15, 0.2) is 0 Å². The third-order valence-electron chi connectivity index (χ3n) is 2.44. The van der Waals surface area contributed by atoms with Gasteiger partial charge in [0.05, 0.1) is 3.79 Å². The smallest absolute Gasteiger partial charge is 0.263 e. The first-order valence-corrected chi connectivity index (χ1v) is 9.52. The number of anilines is 1. The molecule has 4 nitrogen and oxygen atoms in total. The van der Waals surface area contributed by atoms with Gasteiger partial charge in [-0.05, 0) is 53.3 Å². The molecule has 0 aliphatic carbocycles. The van der Waals surface area contributed by atoms with Gasteiger partial charge in [-0.25, -0.2) is 8.42 Å². The number of thiophene rings is 1. The van der Waals surface area contributed by atoms with Crippen LogP contribution < -0.4 is 10.0 Å². The van der Waals surface area contributed by atoms with Gasteiger partial charge in [0.2, 0.25) is 0 Å². The molecule has 0 atom stereocenters. The molecule has 108 valence electrons. The molecule has 1 aromatic carbocycles. The topological polar surface area (TPSA) is 58.2 Å². The molecule has 1 heterocycles. The lowest BCUT2D eigenvalue weighted by Crippen LogP contribution is -2.12. The van der Waals surface area contributed by atoms with E-state index in [-0.39, 0.29) is 4.90 Å². The van der Waals surface area contributed by atoms with Gasteiger partial charge in [-0.1, -0.05) is 15.9 Å². The molecule has 2 N–H and O–H groups in total. The largest absolute Gasteiger partial charge is 0.315 e. The van der Waals surface area contributed by atoms with Gasteiger partial charge in [-0.15, -0.1) is 11.3 Å². The molecule has 0 aliphatic rings. The SMILES string of the molecule is CNCc1cc(S(=O)(=O)Nc2ccc(Br)cc2)c(Br)s1. The van der Waals surface area contributed by atoms with Gasteiger partial charge < -0.3 is 5.32 Å². The van der Waals surface area contributed by atoms with Crippen LogP contribution in [0.25, 0.3) is 0 Å². The summed E-state index contributed by atoms with van der Waals surface area (Å²) in [5, 5.41) is 3.00. The van der Waals surface area contributed by atoms with E-state index in [2.05, 4.69) is 41.9 Å². The molecule has 2 aromatic rings. The number of rotatable bonds is 5. The maximum atomic E-state index is 12.4. The second kappa shape index (κ2) is 6.57. The van der Waals surface area contributed by atoms with Crippen molar-refractivity contribution < 1.29 is 8.42 Å². The van der Waals surface area contributed by atoms with E-state index in [0.29, 0.717) is 16.0 Å². The molecular weight excluding hydrogens is 428 g/mol. The predicted molar refractivity (Wildman–Crippen MR) is 89.7 cm³/mol. The average molecular weight is 440 g/mol. The molecule has 0 amide bonds. The Labute approximate surface area is 138 Å². The maximum Gasteiger partial charge on any atom is 0.263 e. The van der Waals surface area contributed by atoms with E-state index in [4.69, 9.17) is 0 Å². The first kappa shape index (κ1) is 16.0. The minimum atomic E-state index is -3.58. The van der Waals surface area contributed by atoms with Crippen LogP contribution in [0.4, 0.5) is 5.69 Å². The third-order valence-corrected chi connectivity index (χ3v) is 6.61. The van der Waals surface area contributed by atoms with Crippen molar-refractivity contribution in [3.63, 3.8) is 0 Å². The van der Waals surface area contributed by atoms with Crippen LogP contribution in [0.1, 0.15) is 4.88 Å². The second-order valence-electron chi connectivity index (χ2n) is 3.99. The highest BCUT2D eigenvalue weighted by atomic mass is 79.9. The number of halogens is 2. The molecule has 0 fully saturated rings. The van der Waals surface area contributed by atoms with Crippen LogP contribution >= 0.6 is 43.2 Å². The van der Waals surface area contributed by atoms with Crippen molar-refractivity contribution in [3.05, 3.63) is 43.5 Å². The van der Waals surface area contributed by atoms with E-state index in [0.717, 1.165) is 9.35 Å². The van der Waals surface area contributed by atoms with Gasteiger partial charge in [0.1, 0.15) is 4.90 Å². The Morgan fingerprint density at radius 3 is 2.45 bits per heavy atom. The van der Waals surface area contributed by atoms with E-state index in [9.17, 15) is 8.42 Å². The molecule has 1 aromatic heterocycles. The molecule has 0 aliphatic heterocycles. The Balaban J connectivity index is 2.28. The molecule has 20 heavy (non-hydrogen) atoms. The summed E-state index contributed by atoms with van der Waals surface area (Å²) in [5.74, 6) is 0. The Kier molecular flexibility index (Phi) is 5.25. The monoisotopic (exact) mass is 438 g/mol. The van der Waals surface area contributed by atoms with Crippen LogP contribution in [0.15, 0.2) is 43.5 Å². The summed E-state index contributed by atoms with van der Waals surface area (Å²) in [6.07, 6.45) is 0. The Bertz CT molecular complexity index is 697. The number of hydrogen-bond acceptors (Lipinski definition) is 4. The lowest BCUT2D eigenvalue weighted by Gasteiger charge is -2.07. The van der Waals surface area contributed by atoms with E-state index in [1.54, 1.807) is 30.3 Å². The van der Waals surface area contributed by atoms with E-state index in [1.165, 1.54) is 11.3 Å². The quantitative estimate of drug-likeness (QED) is 0.744. The highest BCUT2D eigenvalue weighted by molar-refractivity contribution is 9.11. The van der Waals surface area contributed by atoms with Crippen LogP contribution in [0.2, 0.25) is 0 Å². The van der Waals surface area contributed by atoms with Crippen LogP contribution in [0.3, 0.4) is 0 Å². The van der Waals surface area contributed by atoms with Crippen molar-refractivity contribution in [2.45, 2.75) is 11.4 Å². The van der Waals surface area contributed by atoms with E-state index < -0.39 is 10.0 Å². The highest BCUT2D eigenvalue weighted by Crippen LogP contribution is 2.32. The van der Waals surface area contributed by atoms with Gasteiger partial charge in [0, 0.05) is 21.6 Å². The van der Waals surface area contributed by atoms with Crippen molar-refractivity contribution >= 4 is 58.9 Å². The van der Waals surface area contributed by atoms with Crippen LogP contribution in [0, 0.1) is 0 Å². The minimum absolute atomic E-state index is 0.260. The third kappa shape index (κ3) is 3.82. The molecule has 8 heteroatoms. The molecule has 0 saturated heterocycles. The molecule has 0 unspecified atom stereocenters. The van der Waals surface area contributed by atoms with Crippen molar-refractivity contribution in [3.8, 4) is 0 Å². The predicted octanol–water partition coefficient (Wildman–Crippen LogP) is 3.79. The van der Waals surface area contributed by atoms with Crippen molar-refractivity contribution in [1.82, 2.24) is 5.32 Å². The van der Waals surface area contributed by atoms with Crippen LogP contribution in [-0.4, -0.2) is 15.5 Å². The summed E-state index contributed by atoms with van der Waals surface area (Å²) in [6.45, 7) is 0.636. The van der Waals surface area contributed by atoms with Crippen molar-refractivity contribution in [2.24, 2.45) is 0 Å².